The minimum Gasteiger partial charge on any atom is -0.386 e. The fraction of sp³-hybridized carbons (Fsp3) is 0.960. The number of aliphatic hydroxyl groups is 2. The molecule has 1 heterocycles. The number of ether oxygens (including phenoxy) is 4. The standard InChI is InChI=1S/C25H39NO7/c1-6-26-11-22(12-30-2)8-7-16(32-4)24-14-9-13-15(31-3)10-23(28,17(14)18(13)27)25(29,21(24)26)20(33-5)19(22)24/h13-17,19-21,28-29H,6-12H2,1-5H3/t13-,14-,15?,16?,17-,19-,20?,21?,22+,23-,24+,25?/m1/s1. The summed E-state index contributed by atoms with van der Waals surface area (Å²) < 4.78 is 24.1. The summed E-state index contributed by atoms with van der Waals surface area (Å²) in [4.78, 5) is 16.1. The average Bonchev–Trinajstić information content (AvgIpc) is 3.16. The second kappa shape index (κ2) is 6.99. The fourth-order valence-corrected chi connectivity index (χ4v) is 10.7. The maximum absolute atomic E-state index is 13.8. The van der Waals surface area contributed by atoms with E-state index in [1.54, 1.807) is 28.4 Å². The second-order valence-electron chi connectivity index (χ2n) is 11.7. The number of likely N-dealkylation sites (N-methyl/N-ethyl adjacent to an activating group) is 1. The largest absolute Gasteiger partial charge is 0.386 e. The summed E-state index contributed by atoms with van der Waals surface area (Å²) >= 11 is 0. The molecule has 2 N–H and O–H groups in total. The number of fused-ring (bicyclic) bond motifs is 2. The molecule has 0 radical (unpaired) electrons. The van der Waals surface area contributed by atoms with Crippen LogP contribution in [0, 0.1) is 34.5 Å². The van der Waals surface area contributed by atoms with Gasteiger partial charge in [-0.25, -0.2) is 0 Å². The highest BCUT2D eigenvalue weighted by atomic mass is 16.5. The maximum atomic E-state index is 13.8. The molecule has 0 aromatic carbocycles. The number of ketones is 1. The zero-order chi connectivity index (χ0) is 23.6. The molecule has 186 valence electrons. The van der Waals surface area contributed by atoms with E-state index in [2.05, 4.69) is 11.8 Å². The van der Waals surface area contributed by atoms with Gasteiger partial charge in [-0.1, -0.05) is 6.92 Å². The summed E-state index contributed by atoms with van der Waals surface area (Å²) in [6, 6.07) is -0.353. The van der Waals surface area contributed by atoms with Crippen LogP contribution in [0.4, 0.5) is 0 Å². The van der Waals surface area contributed by atoms with Crippen LogP contribution in [0.2, 0.25) is 0 Å². The fourth-order valence-electron chi connectivity index (χ4n) is 10.7. The molecule has 0 aromatic rings. The highest BCUT2D eigenvalue weighted by molar-refractivity contribution is 5.90. The van der Waals surface area contributed by atoms with Crippen molar-refractivity contribution < 1.29 is 34.0 Å². The summed E-state index contributed by atoms with van der Waals surface area (Å²) in [7, 11) is 6.75. The first-order chi connectivity index (χ1) is 15.8. The Labute approximate surface area is 195 Å². The number of rotatable bonds is 6. The first-order valence-electron chi connectivity index (χ1n) is 12.6. The van der Waals surface area contributed by atoms with Crippen LogP contribution in [-0.2, 0) is 23.7 Å². The van der Waals surface area contributed by atoms with E-state index in [0.717, 1.165) is 25.9 Å². The summed E-state index contributed by atoms with van der Waals surface area (Å²) in [5.41, 5.74) is -3.95. The van der Waals surface area contributed by atoms with Gasteiger partial charge in [0.25, 0.3) is 0 Å². The molecule has 5 saturated carbocycles. The van der Waals surface area contributed by atoms with Gasteiger partial charge in [-0.3, -0.25) is 9.69 Å². The first kappa shape index (κ1) is 22.8. The number of methoxy groups -OCH3 is 4. The number of carbonyl (C=O) groups is 1. The predicted octanol–water partition coefficient (Wildman–Crippen LogP) is 0.479. The van der Waals surface area contributed by atoms with Crippen molar-refractivity contribution in [3.63, 3.8) is 0 Å². The highest BCUT2D eigenvalue weighted by Gasteiger charge is 2.91. The Kier molecular flexibility index (Phi) is 4.84. The summed E-state index contributed by atoms with van der Waals surface area (Å²) in [5.74, 6) is -0.972. The molecule has 6 aliphatic rings. The quantitative estimate of drug-likeness (QED) is 0.585. The Morgan fingerprint density at radius 2 is 1.88 bits per heavy atom. The summed E-state index contributed by atoms with van der Waals surface area (Å²) in [6.07, 6.45) is 1.53. The number of hydrogen-bond acceptors (Lipinski definition) is 8. The van der Waals surface area contributed by atoms with Crippen LogP contribution in [0.3, 0.4) is 0 Å². The molecular weight excluding hydrogens is 426 g/mol. The van der Waals surface area contributed by atoms with E-state index in [4.69, 9.17) is 18.9 Å². The van der Waals surface area contributed by atoms with E-state index in [1.807, 2.05) is 0 Å². The van der Waals surface area contributed by atoms with Crippen LogP contribution in [0.15, 0.2) is 0 Å². The lowest BCUT2D eigenvalue weighted by atomic mass is 9.42. The third-order valence-electron chi connectivity index (χ3n) is 11.2. The molecule has 6 fully saturated rings. The number of nitrogens with zero attached hydrogens (tertiary/aromatic N) is 1. The first-order valence-corrected chi connectivity index (χ1v) is 12.6. The smallest absolute Gasteiger partial charge is 0.144 e. The van der Waals surface area contributed by atoms with Crippen LogP contribution in [-0.4, -0.2) is 105 Å². The van der Waals surface area contributed by atoms with Crippen LogP contribution >= 0.6 is 0 Å². The molecule has 0 aromatic heterocycles. The van der Waals surface area contributed by atoms with Crippen molar-refractivity contribution in [2.75, 3.05) is 48.1 Å². The Morgan fingerprint density at radius 3 is 2.48 bits per heavy atom. The molecule has 12 atom stereocenters. The normalized spacial score (nSPS) is 58.7. The van der Waals surface area contributed by atoms with Crippen molar-refractivity contribution in [1.82, 2.24) is 4.90 Å². The minimum atomic E-state index is -1.61. The van der Waals surface area contributed by atoms with Gasteiger partial charge in [0.2, 0.25) is 0 Å². The number of Topliss-reactive ketones (excluding diaryl/α,β-unsaturated/α-hetero) is 1. The van der Waals surface area contributed by atoms with E-state index in [9.17, 15) is 15.0 Å². The number of likely N-dealkylation sites (tertiary alicyclic amines) is 1. The maximum Gasteiger partial charge on any atom is 0.144 e. The zero-order valence-electron chi connectivity index (χ0n) is 20.5. The van der Waals surface area contributed by atoms with E-state index in [0.29, 0.717) is 13.0 Å². The topological polar surface area (TPSA) is 97.7 Å². The van der Waals surface area contributed by atoms with E-state index in [1.165, 1.54) is 0 Å². The third kappa shape index (κ3) is 2.15. The van der Waals surface area contributed by atoms with Crippen molar-refractivity contribution in [2.45, 2.75) is 68.2 Å². The van der Waals surface area contributed by atoms with E-state index < -0.39 is 34.7 Å². The molecular formula is C25H39NO7. The summed E-state index contributed by atoms with van der Waals surface area (Å²) in [5, 5.41) is 25.4. The molecule has 1 spiro atoms. The number of piperidine rings is 1. The van der Waals surface area contributed by atoms with Gasteiger partial charge in [-0.2, -0.15) is 0 Å². The van der Waals surface area contributed by atoms with Crippen molar-refractivity contribution in [3.8, 4) is 0 Å². The molecule has 7 bridgehead atoms. The third-order valence-corrected chi connectivity index (χ3v) is 11.2. The molecule has 5 unspecified atom stereocenters. The predicted molar refractivity (Wildman–Crippen MR) is 118 cm³/mol. The van der Waals surface area contributed by atoms with Gasteiger partial charge < -0.3 is 29.2 Å². The van der Waals surface area contributed by atoms with Crippen molar-refractivity contribution in [1.29, 1.82) is 0 Å². The lowest BCUT2D eigenvalue weighted by Crippen LogP contribution is -2.81. The van der Waals surface area contributed by atoms with Crippen LogP contribution < -0.4 is 0 Å². The minimum absolute atomic E-state index is 0.0498. The van der Waals surface area contributed by atoms with Crippen molar-refractivity contribution >= 4 is 5.78 Å². The van der Waals surface area contributed by atoms with Crippen LogP contribution in [0.5, 0.6) is 0 Å². The van der Waals surface area contributed by atoms with E-state index in [-0.39, 0.29) is 47.5 Å². The molecule has 8 nitrogen and oxygen atoms in total. The van der Waals surface area contributed by atoms with Crippen molar-refractivity contribution in [3.05, 3.63) is 0 Å². The molecule has 8 heteroatoms. The van der Waals surface area contributed by atoms with Gasteiger partial charge >= 0.3 is 0 Å². The molecule has 6 rings (SSSR count). The lowest BCUT2D eigenvalue weighted by Gasteiger charge is -2.69. The van der Waals surface area contributed by atoms with Gasteiger partial charge in [0, 0.05) is 64.1 Å². The molecule has 5 aliphatic carbocycles. The lowest BCUT2D eigenvalue weighted by molar-refractivity contribution is -0.301. The highest BCUT2D eigenvalue weighted by Crippen LogP contribution is 2.79. The zero-order valence-corrected chi connectivity index (χ0v) is 20.5. The van der Waals surface area contributed by atoms with Crippen LogP contribution in [0.25, 0.3) is 0 Å². The second-order valence-corrected chi connectivity index (χ2v) is 11.7. The Bertz CT molecular complexity index is 855. The SMILES string of the molecule is CCN1C[C@]2(COC)CCC(OC)[C@]34C1C(O)(C(OC)[C@H]23)[C@@]1(O)CC(OC)[C@H]2C[C@@H]4[C@@H]1C2=O. The van der Waals surface area contributed by atoms with Gasteiger partial charge in [-0.15, -0.1) is 0 Å². The van der Waals surface area contributed by atoms with Gasteiger partial charge in [-0.05, 0) is 31.7 Å². The molecule has 1 aliphatic heterocycles. The van der Waals surface area contributed by atoms with E-state index >= 15 is 0 Å². The van der Waals surface area contributed by atoms with Gasteiger partial charge in [0.05, 0.1) is 36.9 Å². The Morgan fingerprint density at radius 1 is 1.12 bits per heavy atom. The number of carbonyl (C=O) groups excluding carboxylic acids is 1. The molecule has 33 heavy (non-hydrogen) atoms. The van der Waals surface area contributed by atoms with Crippen molar-refractivity contribution in [2.24, 2.45) is 34.5 Å². The van der Waals surface area contributed by atoms with Gasteiger partial charge in [0.15, 0.2) is 0 Å². The van der Waals surface area contributed by atoms with Crippen LogP contribution in [0.1, 0.15) is 32.6 Å². The monoisotopic (exact) mass is 465 g/mol. The number of hydrogen-bond donors (Lipinski definition) is 2. The average molecular weight is 466 g/mol. The Hall–Kier alpha value is -0.610. The Balaban J connectivity index is 1.68. The molecule has 0 amide bonds. The summed E-state index contributed by atoms with van der Waals surface area (Å²) in [6.45, 7) is 4.19. The van der Waals surface area contributed by atoms with Gasteiger partial charge in [0.1, 0.15) is 17.0 Å². The molecule has 1 saturated heterocycles.